The van der Waals surface area contributed by atoms with Crippen LogP contribution in [-0.4, -0.2) is 22.8 Å². The highest BCUT2D eigenvalue weighted by molar-refractivity contribution is 5.91. The van der Waals surface area contributed by atoms with Crippen LogP contribution in [0.25, 0.3) is 0 Å². The molecule has 0 aliphatic carbocycles. The molecule has 0 aromatic heterocycles. The number of hydrogen-bond donors (Lipinski definition) is 2. The number of anilines is 1. The highest BCUT2D eigenvalue weighted by Crippen LogP contribution is 2.35. The van der Waals surface area contributed by atoms with Crippen LogP contribution in [0.15, 0.2) is 18.2 Å². The molecular weight excluding hydrogens is 291 g/mol. The van der Waals surface area contributed by atoms with Crippen molar-refractivity contribution < 1.29 is 32.6 Å². The van der Waals surface area contributed by atoms with Crippen LogP contribution in [0.1, 0.15) is 36.7 Å². The number of ether oxygens (including phenoxy) is 1. The third kappa shape index (κ3) is 4.97. The largest absolute Gasteiger partial charge is 0.478 e. The number of nitrogens with one attached hydrogen (secondary N) is 1. The summed E-state index contributed by atoms with van der Waals surface area (Å²) < 4.78 is 43.5. The lowest BCUT2D eigenvalue weighted by atomic mass is 10.1. The van der Waals surface area contributed by atoms with Crippen molar-refractivity contribution >= 4 is 17.7 Å². The Morgan fingerprint density at radius 2 is 1.76 bits per heavy atom. The summed E-state index contributed by atoms with van der Waals surface area (Å²) in [6.45, 7) is 4.68. The molecule has 21 heavy (non-hydrogen) atoms. The lowest BCUT2D eigenvalue weighted by molar-refractivity contribution is -0.136. The molecule has 0 unspecified atom stereocenters. The molecule has 0 atom stereocenters. The van der Waals surface area contributed by atoms with E-state index in [1.54, 1.807) is 20.8 Å². The quantitative estimate of drug-likeness (QED) is 0.872. The number of hydrogen-bond acceptors (Lipinski definition) is 3. The van der Waals surface area contributed by atoms with E-state index in [4.69, 9.17) is 9.84 Å². The van der Waals surface area contributed by atoms with Crippen molar-refractivity contribution in [3.8, 4) is 0 Å². The van der Waals surface area contributed by atoms with Crippen molar-refractivity contribution in [1.82, 2.24) is 0 Å². The fourth-order valence-electron chi connectivity index (χ4n) is 1.43. The number of aromatic carboxylic acids is 1. The van der Waals surface area contributed by atoms with Gasteiger partial charge in [-0.2, -0.15) is 13.2 Å². The maximum atomic E-state index is 12.9. The predicted octanol–water partition coefficient (Wildman–Crippen LogP) is 3.75. The number of alkyl halides is 3. The Morgan fingerprint density at radius 3 is 2.19 bits per heavy atom. The molecule has 0 saturated heterocycles. The standard InChI is InChI=1S/C13H14F3NO4/c1-12(2,3)21-11(20)17-9-5-4-7(10(18)19)6-8(9)13(14,15)16/h4-6H,1-3H3,(H,17,20)(H,18,19). The van der Waals surface area contributed by atoms with Gasteiger partial charge in [-0.1, -0.05) is 0 Å². The summed E-state index contributed by atoms with van der Waals surface area (Å²) in [6, 6.07) is 2.29. The van der Waals surface area contributed by atoms with E-state index < -0.39 is 40.7 Å². The molecule has 0 radical (unpaired) electrons. The van der Waals surface area contributed by atoms with Crippen LogP contribution < -0.4 is 5.32 Å². The Morgan fingerprint density at radius 1 is 1.19 bits per heavy atom. The minimum Gasteiger partial charge on any atom is -0.478 e. The van der Waals surface area contributed by atoms with Crippen molar-refractivity contribution in [2.75, 3.05) is 5.32 Å². The number of carbonyl (C=O) groups excluding carboxylic acids is 1. The van der Waals surface area contributed by atoms with Crippen LogP contribution in [0.3, 0.4) is 0 Å². The van der Waals surface area contributed by atoms with Gasteiger partial charge in [0.25, 0.3) is 0 Å². The zero-order valence-electron chi connectivity index (χ0n) is 11.5. The van der Waals surface area contributed by atoms with Crippen LogP contribution in [0.4, 0.5) is 23.7 Å². The van der Waals surface area contributed by atoms with Gasteiger partial charge in [0.15, 0.2) is 0 Å². The molecule has 1 amide bonds. The van der Waals surface area contributed by atoms with Gasteiger partial charge >= 0.3 is 18.2 Å². The number of halogens is 3. The summed E-state index contributed by atoms with van der Waals surface area (Å²) in [4.78, 5) is 22.2. The fourth-order valence-corrected chi connectivity index (χ4v) is 1.43. The third-order valence-corrected chi connectivity index (χ3v) is 2.21. The highest BCUT2D eigenvalue weighted by atomic mass is 19.4. The van der Waals surface area contributed by atoms with E-state index in [0.29, 0.717) is 6.07 Å². The van der Waals surface area contributed by atoms with Crippen molar-refractivity contribution in [2.24, 2.45) is 0 Å². The van der Waals surface area contributed by atoms with E-state index in [2.05, 4.69) is 0 Å². The second-order valence-corrected chi connectivity index (χ2v) is 5.19. The first-order valence-electron chi connectivity index (χ1n) is 5.85. The van der Waals surface area contributed by atoms with Gasteiger partial charge in [-0.15, -0.1) is 0 Å². The monoisotopic (exact) mass is 305 g/mol. The summed E-state index contributed by atoms with van der Waals surface area (Å²) in [5.74, 6) is -1.50. The molecule has 1 aromatic carbocycles. The zero-order valence-corrected chi connectivity index (χ0v) is 11.5. The summed E-state index contributed by atoms with van der Waals surface area (Å²) >= 11 is 0. The number of rotatable bonds is 2. The number of amides is 1. The molecule has 0 aliphatic heterocycles. The van der Waals surface area contributed by atoms with E-state index >= 15 is 0 Å². The topological polar surface area (TPSA) is 75.6 Å². The Labute approximate surface area is 118 Å². The number of benzene rings is 1. The van der Waals surface area contributed by atoms with Crippen LogP contribution in [-0.2, 0) is 10.9 Å². The lowest BCUT2D eigenvalue weighted by Crippen LogP contribution is -2.28. The number of carboxylic acid groups (broad SMARTS) is 1. The van der Waals surface area contributed by atoms with Gasteiger partial charge in [-0.25, -0.2) is 9.59 Å². The predicted molar refractivity (Wildman–Crippen MR) is 68.3 cm³/mol. The number of carboxylic acids is 1. The molecule has 2 N–H and O–H groups in total. The zero-order chi connectivity index (χ0) is 16.4. The van der Waals surface area contributed by atoms with Crippen LogP contribution in [0.2, 0.25) is 0 Å². The second kappa shape index (κ2) is 5.63. The normalized spacial score (nSPS) is 11.9. The van der Waals surface area contributed by atoms with E-state index in [9.17, 15) is 22.8 Å². The SMILES string of the molecule is CC(C)(C)OC(=O)Nc1ccc(C(=O)O)cc1C(F)(F)F. The summed E-state index contributed by atoms with van der Waals surface area (Å²) in [7, 11) is 0. The van der Waals surface area contributed by atoms with Crippen molar-refractivity contribution in [1.29, 1.82) is 0 Å². The maximum Gasteiger partial charge on any atom is 0.418 e. The Hall–Kier alpha value is -2.25. The summed E-state index contributed by atoms with van der Waals surface area (Å²) in [5.41, 5.74) is -3.23. The summed E-state index contributed by atoms with van der Waals surface area (Å²) in [6.07, 6.45) is -5.87. The Kier molecular flexibility index (Phi) is 4.50. The molecule has 0 saturated carbocycles. The first kappa shape index (κ1) is 16.8. The molecular formula is C13H14F3NO4. The van der Waals surface area contributed by atoms with Gasteiger partial charge in [-0.05, 0) is 39.0 Å². The minimum absolute atomic E-state index is 0.453. The molecule has 5 nitrogen and oxygen atoms in total. The highest BCUT2D eigenvalue weighted by Gasteiger charge is 2.35. The average molecular weight is 305 g/mol. The van der Waals surface area contributed by atoms with Crippen LogP contribution in [0, 0.1) is 0 Å². The molecule has 0 fully saturated rings. The minimum atomic E-state index is -4.81. The fraction of sp³-hybridized carbons (Fsp3) is 0.385. The summed E-state index contributed by atoms with van der Waals surface area (Å²) in [5, 5.41) is 10.7. The molecule has 116 valence electrons. The van der Waals surface area contributed by atoms with Gasteiger partial charge < -0.3 is 9.84 Å². The molecule has 0 bridgehead atoms. The Bertz CT molecular complexity index is 562. The Balaban J connectivity index is 3.12. The van der Waals surface area contributed by atoms with E-state index in [-0.39, 0.29) is 0 Å². The second-order valence-electron chi connectivity index (χ2n) is 5.19. The molecule has 8 heteroatoms. The van der Waals surface area contributed by atoms with E-state index in [1.807, 2.05) is 5.32 Å². The first-order chi connectivity index (χ1) is 9.40. The van der Waals surface area contributed by atoms with Crippen LogP contribution >= 0.6 is 0 Å². The van der Waals surface area contributed by atoms with Gasteiger partial charge in [0.05, 0.1) is 16.8 Å². The molecule has 0 spiro atoms. The lowest BCUT2D eigenvalue weighted by Gasteiger charge is -2.21. The average Bonchev–Trinajstić information content (AvgIpc) is 2.24. The van der Waals surface area contributed by atoms with Crippen molar-refractivity contribution in [3.63, 3.8) is 0 Å². The maximum absolute atomic E-state index is 12.9. The molecule has 1 rings (SSSR count). The number of carbonyl (C=O) groups is 2. The molecule has 0 aliphatic rings. The van der Waals surface area contributed by atoms with E-state index in [0.717, 1.165) is 12.1 Å². The van der Waals surface area contributed by atoms with Crippen molar-refractivity contribution in [3.05, 3.63) is 29.3 Å². The van der Waals surface area contributed by atoms with Gasteiger partial charge in [0.2, 0.25) is 0 Å². The van der Waals surface area contributed by atoms with Gasteiger partial charge in [-0.3, -0.25) is 5.32 Å². The molecule has 0 heterocycles. The van der Waals surface area contributed by atoms with Gasteiger partial charge in [0, 0.05) is 0 Å². The van der Waals surface area contributed by atoms with Crippen molar-refractivity contribution in [2.45, 2.75) is 32.5 Å². The van der Waals surface area contributed by atoms with Crippen LogP contribution in [0.5, 0.6) is 0 Å². The molecule has 1 aromatic rings. The first-order valence-corrected chi connectivity index (χ1v) is 5.85. The smallest absolute Gasteiger partial charge is 0.418 e. The third-order valence-electron chi connectivity index (χ3n) is 2.21. The van der Waals surface area contributed by atoms with E-state index in [1.165, 1.54) is 0 Å². The van der Waals surface area contributed by atoms with Gasteiger partial charge in [0.1, 0.15) is 5.60 Å².